The van der Waals surface area contributed by atoms with E-state index in [1.165, 1.54) is 54.5 Å². The van der Waals surface area contributed by atoms with Crippen molar-refractivity contribution in [2.75, 3.05) is 0 Å². The van der Waals surface area contributed by atoms with E-state index in [0.717, 1.165) is 6.42 Å². The number of hydrogen-bond acceptors (Lipinski definition) is 1. The lowest BCUT2D eigenvalue weighted by atomic mass is 9.97. The molecule has 0 aromatic carbocycles. The molecule has 1 heterocycles. The maximum Gasteiger partial charge on any atom is 0.0485 e. The molecule has 86 valence electrons. The Morgan fingerprint density at radius 1 is 1.00 bits per heavy atom. The van der Waals surface area contributed by atoms with Gasteiger partial charge in [-0.2, -0.15) is 0 Å². The van der Waals surface area contributed by atoms with Gasteiger partial charge in [-0.25, -0.2) is 0 Å². The molecule has 0 atom stereocenters. The van der Waals surface area contributed by atoms with Crippen LogP contribution in [0.5, 0.6) is 0 Å². The van der Waals surface area contributed by atoms with Gasteiger partial charge in [0, 0.05) is 23.1 Å². The van der Waals surface area contributed by atoms with Gasteiger partial charge < -0.3 is 0 Å². The normalized spacial score (nSPS) is 17.9. The van der Waals surface area contributed by atoms with Crippen LogP contribution in [0.1, 0.15) is 52.4 Å². The molecule has 0 saturated heterocycles. The Morgan fingerprint density at radius 2 is 1.75 bits per heavy atom. The summed E-state index contributed by atoms with van der Waals surface area (Å²) in [6, 6.07) is 0. The smallest absolute Gasteiger partial charge is 0.0485 e. The predicted octanol–water partition coefficient (Wildman–Crippen LogP) is 4.57. The number of nitrogens with zero attached hydrogens (tertiary/aromatic N) is 1. The summed E-state index contributed by atoms with van der Waals surface area (Å²) in [6.07, 6.45) is 14.0. The van der Waals surface area contributed by atoms with E-state index >= 15 is 0 Å². The second-order valence-electron chi connectivity index (χ2n) is 4.60. The molecule has 0 amide bonds. The molecule has 0 aromatic rings. The van der Waals surface area contributed by atoms with Crippen molar-refractivity contribution >= 4 is 6.21 Å². The quantitative estimate of drug-likeness (QED) is 0.615. The van der Waals surface area contributed by atoms with E-state index in [1.807, 2.05) is 6.21 Å². The van der Waals surface area contributed by atoms with Gasteiger partial charge in [-0.05, 0) is 31.3 Å². The molecule has 16 heavy (non-hydrogen) atoms. The van der Waals surface area contributed by atoms with Crippen LogP contribution in [-0.4, -0.2) is 6.21 Å². The van der Waals surface area contributed by atoms with Gasteiger partial charge in [-0.3, -0.25) is 4.99 Å². The van der Waals surface area contributed by atoms with Gasteiger partial charge in [0.05, 0.1) is 0 Å². The Balaban J connectivity index is 2.09. The lowest BCUT2D eigenvalue weighted by molar-refractivity contribution is 0.770. The second-order valence-corrected chi connectivity index (χ2v) is 4.60. The number of rotatable bonds is 6. The first kappa shape index (κ1) is 11.4. The molecule has 0 spiro atoms. The highest BCUT2D eigenvalue weighted by molar-refractivity contribution is 5.94. The molecule has 1 aliphatic carbocycles. The zero-order valence-corrected chi connectivity index (χ0v) is 10.4. The van der Waals surface area contributed by atoms with Crippen LogP contribution in [0.15, 0.2) is 39.6 Å². The maximum absolute atomic E-state index is 4.56. The lowest BCUT2D eigenvalue weighted by Crippen LogP contribution is -1.91. The van der Waals surface area contributed by atoms with Gasteiger partial charge in [0.2, 0.25) is 0 Å². The van der Waals surface area contributed by atoms with Gasteiger partial charge in [0.1, 0.15) is 0 Å². The maximum atomic E-state index is 4.56. The molecule has 0 fully saturated rings. The van der Waals surface area contributed by atoms with Crippen LogP contribution >= 0.6 is 0 Å². The topological polar surface area (TPSA) is 12.4 Å². The van der Waals surface area contributed by atoms with Crippen molar-refractivity contribution < 1.29 is 0 Å². The summed E-state index contributed by atoms with van der Waals surface area (Å²) in [5, 5.41) is 0. The molecular formula is C15H21N. The molecule has 1 aliphatic heterocycles. The van der Waals surface area contributed by atoms with E-state index in [-0.39, 0.29) is 0 Å². The highest BCUT2D eigenvalue weighted by Crippen LogP contribution is 2.37. The van der Waals surface area contributed by atoms with E-state index in [2.05, 4.69) is 31.0 Å². The first-order valence-corrected chi connectivity index (χ1v) is 6.55. The minimum absolute atomic E-state index is 1.14. The highest BCUT2D eigenvalue weighted by atomic mass is 14.8. The van der Waals surface area contributed by atoms with Crippen molar-refractivity contribution in [3.8, 4) is 0 Å². The largest absolute Gasteiger partial charge is 0.260 e. The summed E-state index contributed by atoms with van der Waals surface area (Å²) in [5.41, 5.74) is 5.65. The minimum Gasteiger partial charge on any atom is -0.260 e. The lowest BCUT2D eigenvalue weighted by Gasteiger charge is -2.07. The first-order valence-electron chi connectivity index (χ1n) is 6.55. The van der Waals surface area contributed by atoms with Gasteiger partial charge in [0.25, 0.3) is 0 Å². The molecule has 0 N–H and O–H groups in total. The summed E-state index contributed by atoms with van der Waals surface area (Å²) in [6.45, 7) is 4.49. The highest BCUT2D eigenvalue weighted by Gasteiger charge is 2.21. The van der Waals surface area contributed by atoms with E-state index in [0.29, 0.717) is 0 Å². The van der Waals surface area contributed by atoms with Gasteiger partial charge >= 0.3 is 0 Å². The molecule has 0 radical (unpaired) electrons. The Hall–Kier alpha value is -1.11. The van der Waals surface area contributed by atoms with Crippen molar-refractivity contribution in [2.45, 2.75) is 52.4 Å². The number of aliphatic imine (C=N–C) groups is 1. The third kappa shape index (κ3) is 2.18. The zero-order chi connectivity index (χ0) is 11.4. The average molecular weight is 215 g/mol. The fraction of sp³-hybridized carbons (Fsp3) is 0.533. The number of fused-ring (bicyclic) bond motifs is 1. The average Bonchev–Trinajstić information content (AvgIpc) is 2.86. The SMILES string of the molecule is CCCCC1=CC=C2C=NC(CCCC)=C21. The Bertz CT molecular complexity index is 380. The molecule has 1 heteroatoms. The van der Waals surface area contributed by atoms with Gasteiger partial charge in [0.15, 0.2) is 0 Å². The van der Waals surface area contributed by atoms with E-state index in [9.17, 15) is 0 Å². The molecule has 0 bridgehead atoms. The van der Waals surface area contributed by atoms with Crippen molar-refractivity contribution in [2.24, 2.45) is 4.99 Å². The van der Waals surface area contributed by atoms with E-state index in [4.69, 9.17) is 0 Å². The van der Waals surface area contributed by atoms with Gasteiger partial charge in [-0.15, -0.1) is 0 Å². The predicted molar refractivity (Wildman–Crippen MR) is 70.7 cm³/mol. The van der Waals surface area contributed by atoms with Crippen LogP contribution in [0.3, 0.4) is 0 Å². The monoisotopic (exact) mass is 215 g/mol. The van der Waals surface area contributed by atoms with Crippen LogP contribution in [0.4, 0.5) is 0 Å². The van der Waals surface area contributed by atoms with Crippen molar-refractivity contribution in [3.05, 3.63) is 34.6 Å². The third-order valence-electron chi connectivity index (χ3n) is 3.29. The summed E-state index contributed by atoms with van der Waals surface area (Å²) in [4.78, 5) is 4.56. The minimum atomic E-state index is 1.14. The van der Waals surface area contributed by atoms with Crippen LogP contribution in [0, 0.1) is 0 Å². The number of unbranched alkanes of at least 4 members (excludes halogenated alkanes) is 2. The van der Waals surface area contributed by atoms with E-state index in [1.54, 1.807) is 0 Å². The summed E-state index contributed by atoms with van der Waals surface area (Å²) < 4.78 is 0. The zero-order valence-electron chi connectivity index (χ0n) is 10.4. The molecule has 2 aliphatic rings. The van der Waals surface area contributed by atoms with Crippen LogP contribution in [-0.2, 0) is 0 Å². The summed E-state index contributed by atoms with van der Waals surface area (Å²) in [5.74, 6) is 0. The molecule has 1 nitrogen and oxygen atoms in total. The van der Waals surface area contributed by atoms with Crippen molar-refractivity contribution in [1.29, 1.82) is 0 Å². The van der Waals surface area contributed by atoms with Crippen molar-refractivity contribution in [1.82, 2.24) is 0 Å². The van der Waals surface area contributed by atoms with Gasteiger partial charge in [-0.1, -0.05) is 38.8 Å². The van der Waals surface area contributed by atoms with Crippen LogP contribution < -0.4 is 0 Å². The third-order valence-corrected chi connectivity index (χ3v) is 3.29. The molecule has 0 unspecified atom stereocenters. The molecule has 0 aromatic heterocycles. The fourth-order valence-electron chi connectivity index (χ4n) is 2.32. The number of allylic oxidation sites excluding steroid dienone is 6. The first-order chi connectivity index (χ1) is 7.86. The Kier molecular flexibility index (Phi) is 3.76. The summed E-state index contributed by atoms with van der Waals surface area (Å²) in [7, 11) is 0. The summed E-state index contributed by atoms with van der Waals surface area (Å²) >= 11 is 0. The second kappa shape index (κ2) is 5.29. The van der Waals surface area contributed by atoms with Crippen LogP contribution in [0.25, 0.3) is 0 Å². The van der Waals surface area contributed by atoms with E-state index < -0.39 is 0 Å². The molecule has 0 saturated carbocycles. The number of hydrogen-bond donors (Lipinski definition) is 0. The molecule has 2 rings (SSSR count). The Labute approximate surface area is 98.7 Å². The standard InChI is InChI=1S/C15H21N/c1-3-5-7-12-9-10-13-11-16-14(15(12)13)8-6-4-2/h9-11H,3-8H2,1-2H3. The molecular weight excluding hydrogens is 194 g/mol. The fourth-order valence-corrected chi connectivity index (χ4v) is 2.32. The van der Waals surface area contributed by atoms with Crippen molar-refractivity contribution in [3.63, 3.8) is 0 Å². The Morgan fingerprint density at radius 3 is 2.50 bits per heavy atom. The van der Waals surface area contributed by atoms with Crippen LogP contribution in [0.2, 0.25) is 0 Å².